The summed E-state index contributed by atoms with van der Waals surface area (Å²) < 4.78 is 24.4. The number of oxazole rings is 1. The summed E-state index contributed by atoms with van der Waals surface area (Å²) in [4.78, 5) is 4.21. The van der Waals surface area contributed by atoms with Crippen molar-refractivity contribution in [2.24, 2.45) is 0 Å². The first-order valence-electron chi connectivity index (χ1n) is 7.60. The molecule has 4 rings (SSSR count). The van der Waals surface area contributed by atoms with Crippen molar-refractivity contribution in [1.29, 1.82) is 0 Å². The zero-order valence-electron chi connectivity index (χ0n) is 12.8. The van der Waals surface area contributed by atoms with E-state index in [9.17, 15) is 4.39 Å². The number of hydrogen-bond donors (Lipinski definition) is 0. The van der Waals surface area contributed by atoms with E-state index < -0.39 is 0 Å². The summed E-state index contributed by atoms with van der Waals surface area (Å²) in [5.74, 6) is 1.54. The Bertz CT molecular complexity index is 976. The third-order valence-electron chi connectivity index (χ3n) is 3.77. The highest BCUT2D eigenvalue weighted by atomic mass is 19.1. The van der Waals surface area contributed by atoms with Gasteiger partial charge in [-0.25, -0.2) is 9.37 Å². The van der Waals surface area contributed by atoms with E-state index in [2.05, 4.69) is 11.1 Å². The normalized spacial score (nSPS) is 10.9. The Balaban J connectivity index is 1.48. The molecule has 0 saturated carbocycles. The van der Waals surface area contributed by atoms with Gasteiger partial charge in [-0.15, -0.1) is 0 Å². The lowest BCUT2D eigenvalue weighted by Crippen LogP contribution is -1.95. The zero-order valence-corrected chi connectivity index (χ0v) is 12.8. The fourth-order valence-electron chi connectivity index (χ4n) is 2.53. The van der Waals surface area contributed by atoms with Crippen LogP contribution < -0.4 is 4.74 Å². The Labute approximate surface area is 138 Å². The van der Waals surface area contributed by atoms with Gasteiger partial charge in [-0.2, -0.15) is 0 Å². The lowest BCUT2D eigenvalue weighted by Gasteiger charge is -2.05. The molecule has 118 valence electrons. The molecule has 0 fully saturated rings. The molecule has 3 aromatic carbocycles. The number of nitrogens with zero attached hydrogens (tertiary/aromatic N) is 1. The monoisotopic (exact) mass is 319 g/mol. The summed E-state index contributed by atoms with van der Waals surface area (Å²) >= 11 is 0. The Morgan fingerprint density at radius 1 is 0.917 bits per heavy atom. The van der Waals surface area contributed by atoms with Crippen LogP contribution in [0.2, 0.25) is 0 Å². The van der Waals surface area contributed by atoms with Crippen molar-refractivity contribution >= 4 is 10.8 Å². The number of benzene rings is 3. The van der Waals surface area contributed by atoms with Crippen LogP contribution in [-0.2, 0) is 6.61 Å². The van der Waals surface area contributed by atoms with Crippen LogP contribution in [0.15, 0.2) is 77.3 Å². The second-order valence-electron chi connectivity index (χ2n) is 5.42. The van der Waals surface area contributed by atoms with Crippen LogP contribution in [0.25, 0.3) is 22.1 Å². The minimum Gasteiger partial charge on any atom is -0.484 e. The third-order valence-corrected chi connectivity index (χ3v) is 3.77. The van der Waals surface area contributed by atoms with E-state index in [1.165, 1.54) is 17.5 Å². The Morgan fingerprint density at radius 2 is 1.71 bits per heavy atom. The number of fused-ring (bicyclic) bond motifs is 1. The number of hydrogen-bond acceptors (Lipinski definition) is 3. The van der Waals surface area contributed by atoms with Gasteiger partial charge in [0.1, 0.15) is 11.6 Å². The molecule has 0 aliphatic rings. The van der Waals surface area contributed by atoms with Gasteiger partial charge in [0.2, 0.25) is 5.89 Å². The highest BCUT2D eigenvalue weighted by molar-refractivity contribution is 5.83. The first kappa shape index (κ1) is 14.5. The van der Waals surface area contributed by atoms with Gasteiger partial charge in [0, 0.05) is 5.56 Å². The topological polar surface area (TPSA) is 35.3 Å². The molecule has 0 radical (unpaired) electrons. The van der Waals surface area contributed by atoms with Gasteiger partial charge in [-0.3, -0.25) is 0 Å². The van der Waals surface area contributed by atoms with Crippen molar-refractivity contribution in [3.63, 3.8) is 0 Å². The second kappa shape index (κ2) is 6.16. The summed E-state index contributed by atoms with van der Waals surface area (Å²) in [5, 5.41) is 2.29. The van der Waals surface area contributed by atoms with Gasteiger partial charge in [-0.05, 0) is 47.2 Å². The van der Waals surface area contributed by atoms with E-state index in [1.807, 2.05) is 36.4 Å². The first-order chi connectivity index (χ1) is 11.8. The van der Waals surface area contributed by atoms with Crippen LogP contribution in [0.1, 0.15) is 5.89 Å². The van der Waals surface area contributed by atoms with E-state index in [4.69, 9.17) is 9.15 Å². The molecule has 0 aliphatic carbocycles. The van der Waals surface area contributed by atoms with E-state index in [-0.39, 0.29) is 12.4 Å². The number of halogens is 1. The van der Waals surface area contributed by atoms with E-state index in [0.29, 0.717) is 11.7 Å². The van der Waals surface area contributed by atoms with Crippen molar-refractivity contribution in [2.75, 3.05) is 0 Å². The molecule has 4 aromatic rings. The predicted molar refractivity (Wildman–Crippen MR) is 90.2 cm³/mol. The van der Waals surface area contributed by atoms with E-state index in [1.54, 1.807) is 18.3 Å². The maximum atomic E-state index is 13.0. The maximum absolute atomic E-state index is 13.0. The molecule has 4 heteroatoms. The molecule has 1 heterocycles. The Morgan fingerprint density at radius 3 is 2.54 bits per heavy atom. The fourth-order valence-corrected chi connectivity index (χ4v) is 2.53. The summed E-state index contributed by atoms with van der Waals surface area (Å²) in [7, 11) is 0. The average Bonchev–Trinajstić information content (AvgIpc) is 3.09. The third kappa shape index (κ3) is 2.99. The van der Waals surface area contributed by atoms with Gasteiger partial charge >= 0.3 is 0 Å². The Hall–Kier alpha value is -3.14. The minimum atomic E-state index is -0.280. The van der Waals surface area contributed by atoms with Gasteiger partial charge in [0.25, 0.3) is 0 Å². The highest BCUT2D eigenvalue weighted by Gasteiger charge is 2.07. The maximum Gasteiger partial charge on any atom is 0.232 e. The smallest absolute Gasteiger partial charge is 0.232 e. The van der Waals surface area contributed by atoms with Crippen molar-refractivity contribution in [1.82, 2.24) is 4.98 Å². The molecule has 24 heavy (non-hydrogen) atoms. The molecule has 3 nitrogen and oxygen atoms in total. The fraction of sp³-hybridized carbons (Fsp3) is 0.0500. The molecule has 0 N–H and O–H groups in total. The van der Waals surface area contributed by atoms with Crippen LogP contribution in [-0.4, -0.2) is 4.98 Å². The molecule has 0 amide bonds. The van der Waals surface area contributed by atoms with Crippen molar-refractivity contribution in [3.05, 3.63) is 84.6 Å². The summed E-state index contributed by atoms with van der Waals surface area (Å²) in [6.45, 7) is 0.236. The summed E-state index contributed by atoms with van der Waals surface area (Å²) in [6.07, 6.45) is 1.62. The SMILES string of the molecule is Fc1ccc(-c2cnc(COc3ccc4ccccc4c3)o2)cc1. The summed E-state index contributed by atoms with van der Waals surface area (Å²) in [5.41, 5.74) is 0.779. The van der Waals surface area contributed by atoms with Crippen LogP contribution in [0.4, 0.5) is 4.39 Å². The largest absolute Gasteiger partial charge is 0.484 e. The van der Waals surface area contributed by atoms with Gasteiger partial charge < -0.3 is 9.15 Å². The molecule has 0 atom stereocenters. The molecule has 0 spiro atoms. The predicted octanol–water partition coefficient (Wildman–Crippen LogP) is 5.21. The molecular formula is C20H14FNO2. The molecular weight excluding hydrogens is 305 g/mol. The number of rotatable bonds is 4. The number of aromatic nitrogens is 1. The first-order valence-corrected chi connectivity index (χ1v) is 7.60. The minimum absolute atomic E-state index is 0.236. The lowest BCUT2D eigenvalue weighted by atomic mass is 10.1. The van der Waals surface area contributed by atoms with Gasteiger partial charge in [0.05, 0.1) is 6.20 Å². The van der Waals surface area contributed by atoms with Gasteiger partial charge in [-0.1, -0.05) is 30.3 Å². The molecule has 0 bridgehead atoms. The summed E-state index contributed by atoms with van der Waals surface area (Å²) in [6, 6.07) is 20.1. The zero-order chi connectivity index (χ0) is 16.4. The van der Waals surface area contributed by atoms with Gasteiger partial charge in [0.15, 0.2) is 12.4 Å². The van der Waals surface area contributed by atoms with E-state index >= 15 is 0 Å². The lowest BCUT2D eigenvalue weighted by molar-refractivity contribution is 0.265. The molecule has 0 aliphatic heterocycles. The standard InChI is InChI=1S/C20H14FNO2/c21-17-8-5-15(6-9-17)19-12-22-20(24-19)13-23-18-10-7-14-3-1-2-4-16(14)11-18/h1-12H,13H2. The van der Waals surface area contributed by atoms with E-state index in [0.717, 1.165) is 16.7 Å². The average molecular weight is 319 g/mol. The quantitative estimate of drug-likeness (QED) is 0.518. The molecule has 0 saturated heterocycles. The number of ether oxygens (including phenoxy) is 1. The second-order valence-corrected chi connectivity index (χ2v) is 5.42. The van der Waals surface area contributed by atoms with Crippen molar-refractivity contribution < 1.29 is 13.5 Å². The van der Waals surface area contributed by atoms with Crippen molar-refractivity contribution in [3.8, 4) is 17.1 Å². The van der Waals surface area contributed by atoms with Crippen LogP contribution in [0, 0.1) is 5.82 Å². The Kier molecular flexibility index (Phi) is 3.71. The molecule has 0 unspecified atom stereocenters. The van der Waals surface area contributed by atoms with Crippen LogP contribution in [0.5, 0.6) is 5.75 Å². The van der Waals surface area contributed by atoms with Crippen LogP contribution >= 0.6 is 0 Å². The van der Waals surface area contributed by atoms with Crippen molar-refractivity contribution in [2.45, 2.75) is 6.61 Å². The van der Waals surface area contributed by atoms with Crippen LogP contribution in [0.3, 0.4) is 0 Å². The highest BCUT2D eigenvalue weighted by Crippen LogP contribution is 2.23. The molecule has 1 aromatic heterocycles.